The van der Waals surface area contributed by atoms with Crippen LogP contribution in [0.5, 0.6) is 0 Å². The second-order valence-electron chi connectivity index (χ2n) is 3.68. The van der Waals surface area contributed by atoms with Crippen LogP contribution >= 0.6 is 23.2 Å². The first kappa shape index (κ1) is 11.4. The summed E-state index contributed by atoms with van der Waals surface area (Å²) in [7, 11) is 0. The summed E-state index contributed by atoms with van der Waals surface area (Å²) < 4.78 is 0. The van der Waals surface area contributed by atoms with E-state index in [-0.39, 0.29) is 5.92 Å². The van der Waals surface area contributed by atoms with E-state index in [0.29, 0.717) is 10.0 Å². The van der Waals surface area contributed by atoms with E-state index in [1.807, 2.05) is 30.5 Å². The van der Waals surface area contributed by atoms with Crippen LogP contribution in [0.3, 0.4) is 0 Å². The number of aromatic nitrogens is 1. The second kappa shape index (κ2) is 4.86. The molecule has 2 aromatic rings. The number of pyridine rings is 1. The summed E-state index contributed by atoms with van der Waals surface area (Å²) in [6.45, 7) is 2.12. The smallest absolute Gasteiger partial charge is 0.0595 e. The van der Waals surface area contributed by atoms with Crippen LogP contribution in [0.4, 0.5) is 0 Å². The highest BCUT2D eigenvalue weighted by molar-refractivity contribution is 6.42. The summed E-state index contributed by atoms with van der Waals surface area (Å²) in [4.78, 5) is 4.11. The molecule has 16 heavy (non-hydrogen) atoms. The lowest BCUT2D eigenvalue weighted by atomic mass is 9.95. The highest BCUT2D eigenvalue weighted by Crippen LogP contribution is 2.29. The number of nitrogens with zero attached hydrogens (tertiary/aromatic N) is 1. The Balaban J connectivity index is 2.34. The third-order valence-electron chi connectivity index (χ3n) is 2.63. The first-order chi connectivity index (χ1) is 7.68. The van der Waals surface area contributed by atoms with Crippen LogP contribution in [0.25, 0.3) is 0 Å². The zero-order chi connectivity index (χ0) is 11.5. The molecular formula is C13H11Cl2N. The molecule has 0 radical (unpaired) electrons. The number of hydrogen-bond acceptors (Lipinski definition) is 1. The monoisotopic (exact) mass is 251 g/mol. The van der Waals surface area contributed by atoms with Crippen LogP contribution in [0.2, 0.25) is 10.0 Å². The van der Waals surface area contributed by atoms with Crippen LogP contribution in [-0.4, -0.2) is 4.98 Å². The quantitative estimate of drug-likeness (QED) is 0.764. The van der Waals surface area contributed by atoms with Crippen LogP contribution < -0.4 is 0 Å². The van der Waals surface area contributed by atoms with Gasteiger partial charge >= 0.3 is 0 Å². The van der Waals surface area contributed by atoms with Gasteiger partial charge in [-0.1, -0.05) is 42.3 Å². The Hall–Kier alpha value is -1.05. The van der Waals surface area contributed by atoms with Gasteiger partial charge in [0.25, 0.3) is 0 Å². The predicted octanol–water partition coefficient (Wildman–Crippen LogP) is 4.54. The van der Waals surface area contributed by atoms with Crippen LogP contribution in [0.1, 0.15) is 24.0 Å². The summed E-state index contributed by atoms with van der Waals surface area (Å²) in [5.74, 6) is 0.267. The molecule has 1 aromatic heterocycles. The lowest BCUT2D eigenvalue weighted by Gasteiger charge is -2.12. The second-order valence-corrected chi connectivity index (χ2v) is 4.50. The van der Waals surface area contributed by atoms with Gasteiger partial charge in [0.2, 0.25) is 0 Å². The highest BCUT2D eigenvalue weighted by Gasteiger charge is 2.09. The van der Waals surface area contributed by atoms with E-state index < -0.39 is 0 Å². The molecule has 2 rings (SSSR count). The lowest BCUT2D eigenvalue weighted by molar-refractivity contribution is 0.911. The van der Waals surface area contributed by atoms with Crippen molar-refractivity contribution in [3.8, 4) is 0 Å². The van der Waals surface area contributed by atoms with Crippen LogP contribution in [0, 0.1) is 0 Å². The van der Waals surface area contributed by atoms with E-state index in [4.69, 9.17) is 23.2 Å². The van der Waals surface area contributed by atoms with E-state index in [1.165, 1.54) is 5.56 Å². The molecular weight excluding hydrogens is 241 g/mol. The summed E-state index contributed by atoms with van der Waals surface area (Å²) in [6, 6.07) is 9.71. The molecule has 1 aromatic carbocycles. The molecule has 1 atom stereocenters. The van der Waals surface area contributed by atoms with Gasteiger partial charge in [0, 0.05) is 18.3 Å². The van der Waals surface area contributed by atoms with E-state index in [1.54, 1.807) is 6.20 Å². The Morgan fingerprint density at radius 3 is 2.50 bits per heavy atom. The van der Waals surface area contributed by atoms with E-state index in [9.17, 15) is 0 Å². The molecule has 82 valence electrons. The van der Waals surface area contributed by atoms with Gasteiger partial charge in [-0.2, -0.15) is 0 Å². The SMILES string of the molecule is CC(c1cccnc1)c1ccc(Cl)c(Cl)c1. The molecule has 1 nitrogen and oxygen atoms in total. The molecule has 0 bridgehead atoms. The number of hydrogen-bond donors (Lipinski definition) is 0. The summed E-state index contributed by atoms with van der Waals surface area (Å²) >= 11 is 11.9. The number of rotatable bonds is 2. The zero-order valence-corrected chi connectivity index (χ0v) is 10.3. The molecule has 0 aliphatic carbocycles. The van der Waals surface area contributed by atoms with Gasteiger partial charge in [-0.3, -0.25) is 4.98 Å². The zero-order valence-electron chi connectivity index (χ0n) is 8.82. The Kier molecular flexibility index (Phi) is 3.47. The average molecular weight is 252 g/mol. The Morgan fingerprint density at radius 2 is 1.88 bits per heavy atom. The van der Waals surface area contributed by atoms with E-state index in [2.05, 4.69) is 18.0 Å². The van der Waals surface area contributed by atoms with Gasteiger partial charge in [-0.25, -0.2) is 0 Å². The minimum atomic E-state index is 0.267. The van der Waals surface area contributed by atoms with Crippen molar-refractivity contribution in [1.82, 2.24) is 4.98 Å². The van der Waals surface area contributed by atoms with Crippen LogP contribution in [-0.2, 0) is 0 Å². The van der Waals surface area contributed by atoms with Crippen molar-refractivity contribution in [2.45, 2.75) is 12.8 Å². The topological polar surface area (TPSA) is 12.9 Å². The highest BCUT2D eigenvalue weighted by atomic mass is 35.5. The maximum atomic E-state index is 6.00. The maximum Gasteiger partial charge on any atom is 0.0595 e. The van der Waals surface area contributed by atoms with Crippen molar-refractivity contribution in [2.24, 2.45) is 0 Å². The van der Waals surface area contributed by atoms with Crippen molar-refractivity contribution in [2.75, 3.05) is 0 Å². The van der Waals surface area contributed by atoms with Crippen molar-refractivity contribution >= 4 is 23.2 Å². The Bertz CT molecular complexity index is 483. The maximum absolute atomic E-state index is 6.00. The fourth-order valence-electron chi connectivity index (χ4n) is 1.61. The van der Waals surface area contributed by atoms with Crippen molar-refractivity contribution in [1.29, 1.82) is 0 Å². The Labute approximate surface area is 105 Å². The molecule has 0 saturated heterocycles. The molecule has 0 amide bonds. The molecule has 3 heteroatoms. The van der Waals surface area contributed by atoms with Gasteiger partial charge in [0.1, 0.15) is 0 Å². The molecule has 0 aliphatic rings. The van der Waals surface area contributed by atoms with E-state index in [0.717, 1.165) is 5.56 Å². The fraction of sp³-hybridized carbons (Fsp3) is 0.154. The van der Waals surface area contributed by atoms with Gasteiger partial charge in [0.05, 0.1) is 10.0 Å². The van der Waals surface area contributed by atoms with Gasteiger partial charge < -0.3 is 0 Å². The normalized spacial score (nSPS) is 12.4. The lowest BCUT2D eigenvalue weighted by Crippen LogP contribution is -1.96. The van der Waals surface area contributed by atoms with Gasteiger partial charge in [-0.05, 0) is 29.3 Å². The molecule has 0 spiro atoms. The van der Waals surface area contributed by atoms with Crippen molar-refractivity contribution in [3.05, 3.63) is 63.9 Å². The standard InChI is InChI=1S/C13H11Cl2N/c1-9(11-3-2-6-16-8-11)10-4-5-12(14)13(15)7-10/h2-9H,1H3. The average Bonchev–Trinajstić information content (AvgIpc) is 2.33. The molecule has 0 fully saturated rings. The van der Waals surface area contributed by atoms with E-state index >= 15 is 0 Å². The minimum absolute atomic E-state index is 0.267. The summed E-state index contributed by atoms with van der Waals surface area (Å²) in [5, 5.41) is 1.18. The first-order valence-corrected chi connectivity index (χ1v) is 5.79. The van der Waals surface area contributed by atoms with Gasteiger partial charge in [0.15, 0.2) is 0 Å². The molecule has 0 aliphatic heterocycles. The number of halogens is 2. The Morgan fingerprint density at radius 1 is 1.06 bits per heavy atom. The minimum Gasteiger partial charge on any atom is -0.264 e. The van der Waals surface area contributed by atoms with Crippen molar-refractivity contribution in [3.63, 3.8) is 0 Å². The van der Waals surface area contributed by atoms with Crippen LogP contribution in [0.15, 0.2) is 42.7 Å². The third kappa shape index (κ3) is 2.37. The first-order valence-electron chi connectivity index (χ1n) is 5.03. The third-order valence-corrected chi connectivity index (χ3v) is 3.37. The van der Waals surface area contributed by atoms with Gasteiger partial charge in [-0.15, -0.1) is 0 Å². The molecule has 0 N–H and O–H groups in total. The fourth-order valence-corrected chi connectivity index (χ4v) is 1.91. The number of benzene rings is 1. The molecule has 1 heterocycles. The summed E-state index contributed by atoms with van der Waals surface area (Å²) in [5.41, 5.74) is 2.31. The molecule has 1 unspecified atom stereocenters. The summed E-state index contributed by atoms with van der Waals surface area (Å²) in [6.07, 6.45) is 3.64. The molecule has 0 saturated carbocycles. The predicted molar refractivity (Wildman–Crippen MR) is 68.2 cm³/mol. The van der Waals surface area contributed by atoms with Crippen molar-refractivity contribution < 1.29 is 0 Å². The largest absolute Gasteiger partial charge is 0.264 e.